The van der Waals surface area contributed by atoms with Crippen LogP contribution in [0.2, 0.25) is 0 Å². The van der Waals surface area contributed by atoms with Crippen LogP contribution in [0.4, 0.5) is 5.69 Å². The van der Waals surface area contributed by atoms with Gasteiger partial charge in [-0.05, 0) is 58.8 Å². The number of rotatable bonds is 4. The first-order valence-electron chi connectivity index (χ1n) is 5.83. The molecule has 0 aliphatic carbocycles. The molecule has 92 valence electrons. The third kappa shape index (κ3) is 4.14. The number of benzene rings is 2. The van der Waals surface area contributed by atoms with E-state index in [1.54, 1.807) is 0 Å². The van der Waals surface area contributed by atoms with Gasteiger partial charge in [-0.1, -0.05) is 30.3 Å². The molecular formula is C15H14INO. The largest absolute Gasteiger partial charge is 0.326 e. The van der Waals surface area contributed by atoms with Gasteiger partial charge in [0, 0.05) is 15.7 Å². The Hall–Kier alpha value is -1.36. The number of nitrogens with one attached hydrogen (secondary N) is 1. The van der Waals surface area contributed by atoms with Gasteiger partial charge in [0.05, 0.1) is 0 Å². The van der Waals surface area contributed by atoms with E-state index in [2.05, 4.69) is 27.9 Å². The molecule has 0 unspecified atom stereocenters. The minimum Gasteiger partial charge on any atom is -0.326 e. The number of hydrogen-bond donors (Lipinski definition) is 1. The highest BCUT2D eigenvalue weighted by atomic mass is 127. The van der Waals surface area contributed by atoms with Gasteiger partial charge in [-0.3, -0.25) is 4.79 Å². The van der Waals surface area contributed by atoms with Crippen molar-refractivity contribution in [2.24, 2.45) is 0 Å². The van der Waals surface area contributed by atoms with Crippen LogP contribution in [0.1, 0.15) is 12.0 Å². The first-order valence-corrected chi connectivity index (χ1v) is 6.91. The van der Waals surface area contributed by atoms with Crippen LogP contribution in [-0.4, -0.2) is 5.91 Å². The average molecular weight is 351 g/mol. The second kappa shape index (κ2) is 6.54. The molecule has 0 aliphatic rings. The molecule has 0 bridgehead atoms. The summed E-state index contributed by atoms with van der Waals surface area (Å²) in [5, 5.41) is 2.90. The van der Waals surface area contributed by atoms with Gasteiger partial charge in [0.15, 0.2) is 0 Å². The van der Waals surface area contributed by atoms with Crippen LogP contribution in [0.15, 0.2) is 54.6 Å². The predicted octanol–water partition coefficient (Wildman–Crippen LogP) is 3.86. The van der Waals surface area contributed by atoms with E-state index < -0.39 is 0 Å². The molecule has 2 aromatic carbocycles. The molecule has 0 saturated carbocycles. The molecule has 2 aromatic rings. The highest BCUT2D eigenvalue weighted by molar-refractivity contribution is 14.1. The Morgan fingerprint density at radius 2 is 1.67 bits per heavy atom. The lowest BCUT2D eigenvalue weighted by atomic mass is 10.1. The van der Waals surface area contributed by atoms with E-state index in [0.29, 0.717) is 6.42 Å². The van der Waals surface area contributed by atoms with Crippen LogP contribution >= 0.6 is 22.6 Å². The van der Waals surface area contributed by atoms with E-state index in [1.807, 2.05) is 54.6 Å². The topological polar surface area (TPSA) is 29.1 Å². The lowest BCUT2D eigenvalue weighted by Crippen LogP contribution is -2.12. The molecule has 0 radical (unpaired) electrons. The van der Waals surface area contributed by atoms with Gasteiger partial charge < -0.3 is 5.32 Å². The Balaban J connectivity index is 1.84. The minimum absolute atomic E-state index is 0.0556. The van der Waals surface area contributed by atoms with Gasteiger partial charge in [0.25, 0.3) is 0 Å². The van der Waals surface area contributed by atoms with Crippen molar-refractivity contribution >= 4 is 34.2 Å². The van der Waals surface area contributed by atoms with E-state index in [0.717, 1.165) is 15.7 Å². The molecular weight excluding hydrogens is 337 g/mol. The van der Waals surface area contributed by atoms with E-state index >= 15 is 0 Å². The number of carbonyl (C=O) groups excluding carboxylic acids is 1. The molecule has 0 aliphatic heterocycles. The Bertz CT molecular complexity index is 508. The SMILES string of the molecule is O=C(CCc1ccccc1)Nc1ccc(I)cc1. The monoisotopic (exact) mass is 351 g/mol. The van der Waals surface area contributed by atoms with Crippen molar-refractivity contribution in [3.8, 4) is 0 Å². The van der Waals surface area contributed by atoms with E-state index in [4.69, 9.17) is 0 Å². The molecule has 1 amide bonds. The van der Waals surface area contributed by atoms with Crippen molar-refractivity contribution in [1.29, 1.82) is 0 Å². The van der Waals surface area contributed by atoms with Crippen LogP contribution in [-0.2, 0) is 11.2 Å². The number of hydrogen-bond acceptors (Lipinski definition) is 1. The van der Waals surface area contributed by atoms with Crippen LogP contribution < -0.4 is 5.32 Å². The first kappa shape index (κ1) is 13.1. The fraction of sp³-hybridized carbons (Fsp3) is 0.133. The molecule has 18 heavy (non-hydrogen) atoms. The number of halogens is 1. The highest BCUT2D eigenvalue weighted by Crippen LogP contribution is 2.12. The van der Waals surface area contributed by atoms with Gasteiger partial charge in [-0.25, -0.2) is 0 Å². The molecule has 0 atom stereocenters. The summed E-state index contributed by atoms with van der Waals surface area (Å²) in [6, 6.07) is 17.8. The number of amides is 1. The summed E-state index contributed by atoms with van der Waals surface area (Å²) in [4.78, 5) is 11.8. The first-order chi connectivity index (χ1) is 8.74. The maximum atomic E-state index is 11.8. The van der Waals surface area contributed by atoms with Crippen molar-refractivity contribution in [1.82, 2.24) is 0 Å². The second-order valence-corrected chi connectivity index (χ2v) is 5.29. The number of carbonyl (C=O) groups is 1. The summed E-state index contributed by atoms with van der Waals surface area (Å²) in [5.74, 6) is 0.0556. The zero-order chi connectivity index (χ0) is 12.8. The van der Waals surface area contributed by atoms with E-state index in [1.165, 1.54) is 5.56 Å². The normalized spacial score (nSPS) is 10.1. The van der Waals surface area contributed by atoms with Crippen molar-refractivity contribution in [3.63, 3.8) is 0 Å². The zero-order valence-corrected chi connectivity index (χ0v) is 12.1. The Labute approximate surface area is 121 Å². The standard InChI is InChI=1S/C15H14INO/c16-13-7-9-14(10-8-13)17-15(18)11-6-12-4-2-1-3-5-12/h1-5,7-10H,6,11H2,(H,17,18). The maximum absolute atomic E-state index is 11.8. The van der Waals surface area contributed by atoms with Gasteiger partial charge in [-0.15, -0.1) is 0 Å². The zero-order valence-electron chi connectivity index (χ0n) is 9.90. The van der Waals surface area contributed by atoms with Crippen molar-refractivity contribution in [2.45, 2.75) is 12.8 Å². The summed E-state index contributed by atoms with van der Waals surface area (Å²) in [5.41, 5.74) is 2.05. The van der Waals surface area contributed by atoms with Crippen LogP contribution in [0.3, 0.4) is 0 Å². The van der Waals surface area contributed by atoms with Gasteiger partial charge in [-0.2, -0.15) is 0 Å². The van der Waals surface area contributed by atoms with Crippen LogP contribution in [0, 0.1) is 3.57 Å². The fourth-order valence-corrected chi connectivity index (χ4v) is 2.02. The molecule has 0 heterocycles. The Morgan fingerprint density at radius 3 is 2.33 bits per heavy atom. The molecule has 0 saturated heterocycles. The second-order valence-electron chi connectivity index (χ2n) is 4.04. The summed E-state index contributed by atoms with van der Waals surface area (Å²) in [6.07, 6.45) is 1.28. The smallest absolute Gasteiger partial charge is 0.224 e. The maximum Gasteiger partial charge on any atom is 0.224 e. The quantitative estimate of drug-likeness (QED) is 0.833. The predicted molar refractivity (Wildman–Crippen MR) is 82.6 cm³/mol. The third-order valence-electron chi connectivity index (χ3n) is 2.61. The van der Waals surface area contributed by atoms with Crippen LogP contribution in [0.25, 0.3) is 0 Å². The van der Waals surface area contributed by atoms with Gasteiger partial charge in [0.1, 0.15) is 0 Å². The summed E-state index contributed by atoms with van der Waals surface area (Å²) in [6.45, 7) is 0. The van der Waals surface area contributed by atoms with Crippen molar-refractivity contribution in [2.75, 3.05) is 5.32 Å². The van der Waals surface area contributed by atoms with Gasteiger partial charge in [0.2, 0.25) is 5.91 Å². The lowest BCUT2D eigenvalue weighted by Gasteiger charge is -2.05. The Morgan fingerprint density at radius 1 is 1.00 bits per heavy atom. The van der Waals surface area contributed by atoms with E-state index in [-0.39, 0.29) is 5.91 Å². The molecule has 0 aromatic heterocycles. The summed E-state index contributed by atoms with van der Waals surface area (Å²) in [7, 11) is 0. The number of anilines is 1. The Kier molecular flexibility index (Phi) is 4.75. The van der Waals surface area contributed by atoms with Crippen LogP contribution in [0.5, 0.6) is 0 Å². The average Bonchev–Trinajstić information content (AvgIpc) is 2.40. The molecule has 2 rings (SSSR count). The summed E-state index contributed by atoms with van der Waals surface area (Å²) < 4.78 is 1.16. The molecule has 2 nitrogen and oxygen atoms in total. The minimum atomic E-state index is 0.0556. The number of aryl methyl sites for hydroxylation is 1. The third-order valence-corrected chi connectivity index (χ3v) is 3.33. The highest BCUT2D eigenvalue weighted by Gasteiger charge is 2.02. The summed E-state index contributed by atoms with van der Waals surface area (Å²) >= 11 is 2.24. The lowest BCUT2D eigenvalue weighted by molar-refractivity contribution is -0.116. The van der Waals surface area contributed by atoms with Crippen molar-refractivity contribution < 1.29 is 4.79 Å². The molecule has 1 N–H and O–H groups in total. The molecule has 0 spiro atoms. The van der Waals surface area contributed by atoms with Gasteiger partial charge >= 0.3 is 0 Å². The van der Waals surface area contributed by atoms with E-state index in [9.17, 15) is 4.79 Å². The molecule has 0 fully saturated rings. The van der Waals surface area contributed by atoms with Crippen molar-refractivity contribution in [3.05, 3.63) is 63.7 Å². The molecule has 3 heteroatoms. The fourth-order valence-electron chi connectivity index (χ4n) is 1.66.